The van der Waals surface area contributed by atoms with Gasteiger partial charge in [-0.2, -0.15) is 0 Å². The van der Waals surface area contributed by atoms with E-state index < -0.39 is 6.10 Å². The van der Waals surface area contributed by atoms with E-state index >= 15 is 0 Å². The summed E-state index contributed by atoms with van der Waals surface area (Å²) < 4.78 is 1.08. The van der Waals surface area contributed by atoms with Gasteiger partial charge in [0, 0.05) is 17.6 Å². The minimum absolute atomic E-state index is 0.411. The summed E-state index contributed by atoms with van der Waals surface area (Å²) in [5, 5.41) is 9.62. The van der Waals surface area contributed by atoms with Crippen molar-refractivity contribution >= 4 is 21.6 Å². The highest BCUT2D eigenvalue weighted by molar-refractivity contribution is 9.10. The monoisotopic (exact) mass is 325 g/mol. The van der Waals surface area contributed by atoms with Gasteiger partial charge >= 0.3 is 0 Å². The SMILES string of the molecule is CC1CCC(N(C)c2ccc(C(C)O)cc2Br)CC1. The summed E-state index contributed by atoms with van der Waals surface area (Å²) in [6.45, 7) is 4.15. The quantitative estimate of drug-likeness (QED) is 0.883. The average molecular weight is 326 g/mol. The van der Waals surface area contributed by atoms with Gasteiger partial charge in [0.05, 0.1) is 11.8 Å². The van der Waals surface area contributed by atoms with Crippen LogP contribution in [0.5, 0.6) is 0 Å². The summed E-state index contributed by atoms with van der Waals surface area (Å²) in [4.78, 5) is 2.39. The molecule has 0 aromatic heterocycles. The van der Waals surface area contributed by atoms with Crippen LogP contribution in [0.2, 0.25) is 0 Å². The molecule has 19 heavy (non-hydrogen) atoms. The maximum atomic E-state index is 9.62. The molecule has 0 saturated heterocycles. The Morgan fingerprint density at radius 2 is 1.89 bits per heavy atom. The molecule has 0 bridgehead atoms. The van der Waals surface area contributed by atoms with Gasteiger partial charge in [-0.3, -0.25) is 0 Å². The first-order valence-corrected chi connectivity index (χ1v) is 7.98. The normalized spacial score (nSPS) is 25.1. The summed E-state index contributed by atoms with van der Waals surface area (Å²) in [5.41, 5.74) is 2.19. The molecule has 2 nitrogen and oxygen atoms in total. The van der Waals surface area contributed by atoms with Crippen LogP contribution in [0.1, 0.15) is 51.2 Å². The number of aliphatic hydroxyl groups excluding tert-OH is 1. The fraction of sp³-hybridized carbons (Fsp3) is 0.625. The summed E-state index contributed by atoms with van der Waals surface area (Å²) >= 11 is 3.64. The van der Waals surface area contributed by atoms with Crippen LogP contribution in [0, 0.1) is 5.92 Å². The van der Waals surface area contributed by atoms with Crippen molar-refractivity contribution in [2.24, 2.45) is 5.92 Å². The Morgan fingerprint density at radius 3 is 2.42 bits per heavy atom. The van der Waals surface area contributed by atoms with Gasteiger partial charge in [-0.05, 0) is 72.2 Å². The summed E-state index contributed by atoms with van der Waals surface area (Å²) in [6, 6.07) is 6.81. The summed E-state index contributed by atoms with van der Waals surface area (Å²) in [7, 11) is 2.18. The first kappa shape index (κ1) is 14.9. The maximum absolute atomic E-state index is 9.62. The number of halogens is 1. The predicted molar refractivity (Wildman–Crippen MR) is 84.6 cm³/mol. The standard InChI is InChI=1S/C16H24BrNO/c1-11-4-7-14(8-5-11)18(3)16-9-6-13(12(2)19)10-15(16)17/h6,9-12,14,19H,4-5,7-8H2,1-3H3. The van der Waals surface area contributed by atoms with Crippen molar-refractivity contribution < 1.29 is 5.11 Å². The minimum Gasteiger partial charge on any atom is -0.389 e. The topological polar surface area (TPSA) is 23.5 Å². The molecule has 2 rings (SSSR count). The lowest BCUT2D eigenvalue weighted by Crippen LogP contribution is -2.35. The Bertz CT molecular complexity index is 425. The van der Waals surface area contributed by atoms with E-state index in [0.717, 1.165) is 16.0 Å². The predicted octanol–water partition coefficient (Wildman–Crippen LogP) is 4.52. The molecule has 0 spiro atoms. The van der Waals surface area contributed by atoms with Gasteiger partial charge in [-0.1, -0.05) is 13.0 Å². The van der Waals surface area contributed by atoms with Gasteiger partial charge in [0.25, 0.3) is 0 Å². The van der Waals surface area contributed by atoms with Gasteiger partial charge in [0.15, 0.2) is 0 Å². The van der Waals surface area contributed by atoms with Crippen LogP contribution in [0.15, 0.2) is 22.7 Å². The van der Waals surface area contributed by atoms with E-state index in [2.05, 4.69) is 40.9 Å². The second kappa shape index (κ2) is 6.27. The largest absolute Gasteiger partial charge is 0.389 e. The molecule has 0 radical (unpaired) electrons. The third-order valence-electron chi connectivity index (χ3n) is 4.37. The number of anilines is 1. The van der Waals surface area contributed by atoms with Crippen molar-refractivity contribution in [3.05, 3.63) is 28.2 Å². The Kier molecular flexibility index (Phi) is 4.91. The smallest absolute Gasteiger partial charge is 0.0762 e. The lowest BCUT2D eigenvalue weighted by molar-refractivity contribution is 0.199. The van der Waals surface area contributed by atoms with Crippen LogP contribution in [-0.4, -0.2) is 18.2 Å². The number of hydrogen-bond donors (Lipinski definition) is 1. The molecule has 1 aliphatic rings. The van der Waals surface area contributed by atoms with Gasteiger partial charge < -0.3 is 10.0 Å². The molecular weight excluding hydrogens is 302 g/mol. The first-order chi connectivity index (χ1) is 8.99. The number of benzene rings is 1. The van der Waals surface area contributed by atoms with Gasteiger partial charge in [-0.25, -0.2) is 0 Å². The van der Waals surface area contributed by atoms with E-state index in [-0.39, 0.29) is 0 Å². The Balaban J connectivity index is 2.12. The van der Waals surface area contributed by atoms with Gasteiger partial charge in [-0.15, -0.1) is 0 Å². The Morgan fingerprint density at radius 1 is 1.26 bits per heavy atom. The summed E-state index contributed by atoms with van der Waals surface area (Å²) in [6.07, 6.45) is 4.81. The second-order valence-electron chi connectivity index (χ2n) is 5.91. The lowest BCUT2D eigenvalue weighted by Gasteiger charge is -2.35. The second-order valence-corrected chi connectivity index (χ2v) is 6.77. The Hall–Kier alpha value is -0.540. The molecule has 0 aliphatic heterocycles. The van der Waals surface area contributed by atoms with E-state index in [1.165, 1.54) is 31.4 Å². The molecule has 1 aromatic carbocycles. The van der Waals surface area contributed by atoms with E-state index in [1.807, 2.05) is 12.1 Å². The zero-order chi connectivity index (χ0) is 14.0. The third kappa shape index (κ3) is 3.51. The molecule has 1 atom stereocenters. The molecule has 1 aromatic rings. The van der Waals surface area contributed by atoms with Crippen LogP contribution in [0.25, 0.3) is 0 Å². The Labute approximate surface area is 124 Å². The van der Waals surface area contributed by atoms with E-state index in [9.17, 15) is 5.11 Å². The molecule has 1 saturated carbocycles. The van der Waals surface area contributed by atoms with Crippen molar-refractivity contribution in [2.75, 3.05) is 11.9 Å². The third-order valence-corrected chi connectivity index (χ3v) is 5.00. The minimum atomic E-state index is -0.411. The first-order valence-electron chi connectivity index (χ1n) is 7.19. The molecule has 1 unspecified atom stereocenters. The van der Waals surface area contributed by atoms with Crippen LogP contribution in [0.3, 0.4) is 0 Å². The van der Waals surface area contributed by atoms with Crippen molar-refractivity contribution in [3.63, 3.8) is 0 Å². The molecule has 1 fully saturated rings. The maximum Gasteiger partial charge on any atom is 0.0762 e. The highest BCUT2D eigenvalue weighted by Crippen LogP contribution is 2.34. The molecule has 106 valence electrons. The molecule has 0 amide bonds. The number of rotatable bonds is 3. The van der Waals surface area contributed by atoms with Crippen molar-refractivity contribution in [2.45, 2.75) is 51.7 Å². The zero-order valence-corrected chi connectivity index (χ0v) is 13.7. The number of aliphatic hydroxyl groups is 1. The number of nitrogens with zero attached hydrogens (tertiary/aromatic N) is 1. The highest BCUT2D eigenvalue weighted by Gasteiger charge is 2.23. The zero-order valence-electron chi connectivity index (χ0n) is 12.1. The fourth-order valence-electron chi connectivity index (χ4n) is 2.90. The van der Waals surface area contributed by atoms with Gasteiger partial charge in [0.2, 0.25) is 0 Å². The van der Waals surface area contributed by atoms with Crippen LogP contribution in [-0.2, 0) is 0 Å². The molecular formula is C16H24BrNO. The molecule has 1 N–H and O–H groups in total. The average Bonchev–Trinajstić information content (AvgIpc) is 2.38. The van der Waals surface area contributed by atoms with Crippen molar-refractivity contribution in [1.29, 1.82) is 0 Å². The van der Waals surface area contributed by atoms with Crippen LogP contribution < -0.4 is 4.90 Å². The molecule has 1 aliphatic carbocycles. The van der Waals surface area contributed by atoms with Gasteiger partial charge in [0.1, 0.15) is 0 Å². The van der Waals surface area contributed by atoms with E-state index in [1.54, 1.807) is 6.92 Å². The van der Waals surface area contributed by atoms with Crippen LogP contribution in [0.4, 0.5) is 5.69 Å². The molecule has 0 heterocycles. The van der Waals surface area contributed by atoms with Crippen molar-refractivity contribution in [3.8, 4) is 0 Å². The highest BCUT2D eigenvalue weighted by atomic mass is 79.9. The molecule has 3 heteroatoms. The number of hydrogen-bond acceptors (Lipinski definition) is 2. The van der Waals surface area contributed by atoms with Crippen LogP contribution >= 0.6 is 15.9 Å². The fourth-order valence-corrected chi connectivity index (χ4v) is 3.57. The van der Waals surface area contributed by atoms with E-state index in [0.29, 0.717) is 6.04 Å². The summed E-state index contributed by atoms with van der Waals surface area (Å²) in [5.74, 6) is 0.880. The lowest BCUT2D eigenvalue weighted by atomic mass is 9.86. The van der Waals surface area contributed by atoms with Crippen molar-refractivity contribution in [1.82, 2.24) is 0 Å². The van der Waals surface area contributed by atoms with E-state index in [4.69, 9.17) is 0 Å².